The molecule has 0 saturated heterocycles. The molecular weight excluding hydrogens is 294 g/mol. The molecule has 0 saturated carbocycles. The minimum Gasteiger partial charge on any atom is -0.330 e. The van der Waals surface area contributed by atoms with Crippen LogP contribution in [-0.2, 0) is 21.9 Å². The maximum Gasteiger partial charge on any atom is 0.257 e. The Hall–Kier alpha value is -2.42. The van der Waals surface area contributed by atoms with Crippen LogP contribution in [0.2, 0.25) is 0 Å². The highest BCUT2D eigenvalue weighted by Crippen LogP contribution is 2.17. The predicted octanol–water partition coefficient (Wildman–Crippen LogP) is -0.144. The van der Waals surface area contributed by atoms with Crippen LogP contribution in [0.1, 0.15) is 0 Å². The lowest BCUT2D eigenvalue weighted by Gasteiger charge is -2.26. The number of aromatic nitrogens is 2. The first kappa shape index (κ1) is 13.6. The van der Waals surface area contributed by atoms with Gasteiger partial charge in [0.2, 0.25) is 0 Å². The van der Waals surface area contributed by atoms with E-state index >= 15 is 0 Å². The number of carbonyl (C=O) groups is 1. The first-order valence-electron chi connectivity index (χ1n) is 6.22. The maximum absolute atomic E-state index is 12.1. The van der Waals surface area contributed by atoms with Crippen LogP contribution in [0.5, 0.6) is 0 Å². The number of amidine groups is 1. The highest BCUT2D eigenvalue weighted by atomic mass is 32.2. The first-order valence-corrected chi connectivity index (χ1v) is 7.83. The van der Waals surface area contributed by atoms with Crippen LogP contribution in [0.25, 0.3) is 0 Å². The van der Waals surface area contributed by atoms with E-state index < -0.39 is 10.0 Å². The molecule has 0 aromatic carbocycles. The minimum atomic E-state index is -3.38. The lowest BCUT2D eigenvalue weighted by molar-refractivity contribution is -0.112. The third kappa shape index (κ3) is 2.87. The van der Waals surface area contributed by atoms with Gasteiger partial charge in [0.1, 0.15) is 5.84 Å². The summed E-state index contributed by atoms with van der Waals surface area (Å²) in [5.74, 6) is -0.0101. The SMILES string of the molecule is Cn1cc(NC(=O)C2=CN3CCS(=O)(=O)N=C3C=C2)cn1. The summed E-state index contributed by atoms with van der Waals surface area (Å²) in [6, 6.07) is 0. The highest BCUT2D eigenvalue weighted by Gasteiger charge is 2.25. The normalized spacial score (nSPS) is 19.6. The molecule has 1 amide bonds. The Morgan fingerprint density at radius 2 is 2.19 bits per heavy atom. The molecule has 2 aliphatic rings. The van der Waals surface area contributed by atoms with E-state index in [0.717, 1.165) is 0 Å². The molecule has 0 spiro atoms. The van der Waals surface area contributed by atoms with Crippen molar-refractivity contribution < 1.29 is 13.2 Å². The Bertz CT molecular complexity index is 788. The van der Waals surface area contributed by atoms with Crippen LogP contribution in [0, 0.1) is 0 Å². The summed E-state index contributed by atoms with van der Waals surface area (Å²) in [4.78, 5) is 13.8. The van der Waals surface area contributed by atoms with Gasteiger partial charge in [0.05, 0.1) is 23.2 Å². The third-order valence-corrected chi connectivity index (χ3v) is 4.21. The van der Waals surface area contributed by atoms with E-state index in [2.05, 4.69) is 14.8 Å². The zero-order chi connectivity index (χ0) is 15.0. The van der Waals surface area contributed by atoms with Crippen LogP contribution >= 0.6 is 0 Å². The van der Waals surface area contributed by atoms with Crippen molar-refractivity contribution in [3.63, 3.8) is 0 Å². The van der Waals surface area contributed by atoms with E-state index in [4.69, 9.17) is 0 Å². The lowest BCUT2D eigenvalue weighted by atomic mass is 10.2. The van der Waals surface area contributed by atoms with Crippen molar-refractivity contribution in [1.82, 2.24) is 14.7 Å². The Balaban J connectivity index is 1.78. The molecule has 0 unspecified atom stereocenters. The van der Waals surface area contributed by atoms with Gasteiger partial charge in [-0.3, -0.25) is 9.48 Å². The van der Waals surface area contributed by atoms with Crippen molar-refractivity contribution in [3.05, 3.63) is 36.3 Å². The molecule has 3 rings (SSSR count). The van der Waals surface area contributed by atoms with E-state index in [9.17, 15) is 13.2 Å². The lowest BCUT2D eigenvalue weighted by Crippen LogP contribution is -2.37. The number of rotatable bonds is 2. The van der Waals surface area contributed by atoms with E-state index in [1.165, 1.54) is 6.08 Å². The molecule has 1 aromatic rings. The van der Waals surface area contributed by atoms with Crippen LogP contribution in [0.15, 0.2) is 40.7 Å². The molecular formula is C12H13N5O3S. The number of aryl methyl sites for hydroxylation is 1. The van der Waals surface area contributed by atoms with Crippen LogP contribution < -0.4 is 5.32 Å². The second-order valence-corrected chi connectivity index (χ2v) is 6.46. The zero-order valence-corrected chi connectivity index (χ0v) is 12.0. The van der Waals surface area contributed by atoms with Gasteiger partial charge in [-0.1, -0.05) is 0 Å². The number of hydrogen-bond donors (Lipinski definition) is 1. The second kappa shape index (κ2) is 4.85. The van der Waals surface area contributed by atoms with E-state index in [1.54, 1.807) is 41.3 Å². The number of sulfonamides is 1. The Kier molecular flexibility index (Phi) is 3.13. The van der Waals surface area contributed by atoms with Crippen LogP contribution in [-0.4, -0.2) is 47.1 Å². The Morgan fingerprint density at radius 3 is 2.90 bits per heavy atom. The molecule has 1 N–H and O–H groups in total. The monoisotopic (exact) mass is 307 g/mol. The number of fused-ring (bicyclic) bond motifs is 1. The number of hydrogen-bond acceptors (Lipinski definition) is 5. The van der Waals surface area contributed by atoms with Gasteiger partial charge in [-0.25, -0.2) is 8.42 Å². The smallest absolute Gasteiger partial charge is 0.257 e. The second-order valence-electron chi connectivity index (χ2n) is 4.70. The molecule has 0 bridgehead atoms. The highest BCUT2D eigenvalue weighted by molar-refractivity contribution is 7.90. The largest absolute Gasteiger partial charge is 0.330 e. The quantitative estimate of drug-likeness (QED) is 0.820. The Labute approximate surface area is 121 Å². The van der Waals surface area contributed by atoms with E-state index in [-0.39, 0.29) is 18.2 Å². The fraction of sp³-hybridized carbons (Fsp3) is 0.250. The van der Waals surface area contributed by atoms with Gasteiger partial charge in [0.25, 0.3) is 15.9 Å². The van der Waals surface area contributed by atoms with Gasteiger partial charge < -0.3 is 10.2 Å². The van der Waals surface area contributed by atoms with Gasteiger partial charge in [-0.15, -0.1) is 4.40 Å². The fourth-order valence-electron chi connectivity index (χ4n) is 2.02. The molecule has 3 heterocycles. The molecule has 110 valence electrons. The summed E-state index contributed by atoms with van der Waals surface area (Å²) < 4.78 is 28.1. The average molecular weight is 307 g/mol. The van der Waals surface area contributed by atoms with E-state index in [1.807, 2.05) is 0 Å². The summed E-state index contributed by atoms with van der Waals surface area (Å²) in [5.41, 5.74) is 1.02. The number of anilines is 1. The summed E-state index contributed by atoms with van der Waals surface area (Å²) >= 11 is 0. The summed E-state index contributed by atoms with van der Waals surface area (Å²) in [5, 5.41) is 6.68. The summed E-state index contributed by atoms with van der Waals surface area (Å²) in [7, 11) is -1.63. The van der Waals surface area contributed by atoms with Gasteiger partial charge in [-0.05, 0) is 12.2 Å². The molecule has 0 radical (unpaired) electrons. The van der Waals surface area contributed by atoms with Gasteiger partial charge in [0, 0.05) is 26.0 Å². The standard InChI is InChI=1S/C12H13N5O3S/c1-16-8-10(6-13-16)14-12(18)9-2-3-11-15-21(19,20)5-4-17(11)7-9/h2-3,6-8H,4-5H2,1H3,(H,14,18). The molecule has 0 fully saturated rings. The van der Waals surface area contributed by atoms with Crippen molar-refractivity contribution in [2.75, 3.05) is 17.6 Å². The molecule has 8 nitrogen and oxygen atoms in total. The predicted molar refractivity (Wildman–Crippen MR) is 77.0 cm³/mol. The minimum absolute atomic E-state index is 0.0572. The van der Waals surface area contributed by atoms with Crippen LogP contribution in [0.4, 0.5) is 5.69 Å². The average Bonchev–Trinajstić information content (AvgIpc) is 2.82. The topological polar surface area (TPSA) is 96.7 Å². The van der Waals surface area contributed by atoms with E-state index in [0.29, 0.717) is 17.1 Å². The molecule has 2 aliphatic heterocycles. The summed E-state index contributed by atoms with van der Waals surface area (Å²) in [6.45, 7) is 0.287. The van der Waals surface area contributed by atoms with Crippen molar-refractivity contribution in [1.29, 1.82) is 0 Å². The summed E-state index contributed by atoms with van der Waals surface area (Å²) in [6.07, 6.45) is 7.90. The first-order chi connectivity index (χ1) is 9.93. The van der Waals surface area contributed by atoms with Gasteiger partial charge >= 0.3 is 0 Å². The number of nitrogens with zero attached hydrogens (tertiary/aromatic N) is 4. The van der Waals surface area contributed by atoms with Crippen molar-refractivity contribution in [2.24, 2.45) is 11.4 Å². The van der Waals surface area contributed by atoms with Gasteiger partial charge in [-0.2, -0.15) is 5.10 Å². The van der Waals surface area contributed by atoms with Crippen molar-refractivity contribution in [2.45, 2.75) is 0 Å². The fourth-order valence-corrected chi connectivity index (χ4v) is 2.99. The molecule has 1 aromatic heterocycles. The van der Waals surface area contributed by atoms with Crippen molar-refractivity contribution in [3.8, 4) is 0 Å². The number of carbonyl (C=O) groups excluding carboxylic acids is 1. The third-order valence-electron chi connectivity index (χ3n) is 3.05. The maximum atomic E-state index is 12.1. The molecule has 0 aliphatic carbocycles. The van der Waals surface area contributed by atoms with Gasteiger partial charge in [0.15, 0.2) is 0 Å². The number of nitrogens with one attached hydrogen (secondary N) is 1. The molecule has 0 atom stereocenters. The van der Waals surface area contributed by atoms with Crippen LogP contribution in [0.3, 0.4) is 0 Å². The molecule has 9 heteroatoms. The zero-order valence-electron chi connectivity index (χ0n) is 11.2. The number of amides is 1. The van der Waals surface area contributed by atoms with Crippen molar-refractivity contribution >= 4 is 27.5 Å². The Morgan fingerprint density at radius 1 is 1.38 bits per heavy atom. The molecule has 21 heavy (non-hydrogen) atoms.